The van der Waals surface area contributed by atoms with E-state index in [1.807, 2.05) is 30.5 Å². The van der Waals surface area contributed by atoms with Crippen molar-refractivity contribution in [1.29, 1.82) is 5.41 Å². The molecule has 1 aliphatic rings. The first-order valence-corrected chi connectivity index (χ1v) is 10.3. The zero-order valence-electron chi connectivity index (χ0n) is 16.8. The molecule has 0 bridgehead atoms. The Morgan fingerprint density at radius 1 is 1.17 bits per heavy atom. The van der Waals surface area contributed by atoms with Crippen molar-refractivity contribution in [2.75, 3.05) is 31.1 Å². The Morgan fingerprint density at radius 2 is 2.00 bits per heavy atom. The van der Waals surface area contributed by atoms with Crippen molar-refractivity contribution in [3.05, 3.63) is 64.1 Å². The molecule has 6 nitrogen and oxygen atoms in total. The van der Waals surface area contributed by atoms with E-state index in [9.17, 15) is 4.79 Å². The lowest BCUT2D eigenvalue weighted by Gasteiger charge is -2.29. The minimum absolute atomic E-state index is 0.0894. The van der Waals surface area contributed by atoms with Crippen LogP contribution in [-0.4, -0.2) is 41.8 Å². The van der Waals surface area contributed by atoms with E-state index in [0.717, 1.165) is 62.3 Å². The monoisotopic (exact) mass is 389 g/mol. The summed E-state index contributed by atoms with van der Waals surface area (Å²) >= 11 is 0. The van der Waals surface area contributed by atoms with E-state index in [4.69, 9.17) is 10.4 Å². The normalized spacial score (nSPS) is 14.3. The summed E-state index contributed by atoms with van der Waals surface area (Å²) in [4.78, 5) is 19.8. The first-order chi connectivity index (χ1) is 14.2. The topological polar surface area (TPSA) is 73.5 Å². The molecular formula is C23H27N5O. The molecule has 0 amide bonds. The van der Waals surface area contributed by atoms with Crippen LogP contribution < -0.4 is 15.8 Å². The molecule has 1 saturated heterocycles. The van der Waals surface area contributed by atoms with E-state index in [1.54, 1.807) is 10.5 Å². The van der Waals surface area contributed by atoms with E-state index < -0.39 is 0 Å². The van der Waals surface area contributed by atoms with Crippen molar-refractivity contribution in [1.82, 2.24) is 14.7 Å². The van der Waals surface area contributed by atoms with Gasteiger partial charge < -0.3 is 15.6 Å². The lowest BCUT2D eigenvalue weighted by Crippen LogP contribution is -2.43. The maximum absolute atomic E-state index is 12.8. The van der Waals surface area contributed by atoms with Crippen LogP contribution in [0.4, 0.5) is 5.69 Å². The number of aromatic nitrogens is 2. The molecule has 0 unspecified atom stereocenters. The van der Waals surface area contributed by atoms with Gasteiger partial charge in [-0.1, -0.05) is 25.5 Å². The van der Waals surface area contributed by atoms with Gasteiger partial charge in [-0.2, -0.15) is 0 Å². The molecule has 150 valence electrons. The summed E-state index contributed by atoms with van der Waals surface area (Å²) in [5.74, 6) is 0. The molecule has 0 spiro atoms. The van der Waals surface area contributed by atoms with Gasteiger partial charge in [-0.25, -0.2) is 4.98 Å². The number of piperazine rings is 1. The van der Waals surface area contributed by atoms with Crippen molar-refractivity contribution in [3.8, 4) is 11.3 Å². The molecule has 0 atom stereocenters. The summed E-state index contributed by atoms with van der Waals surface area (Å²) in [5.41, 5.74) is 5.17. The standard InChI is InChI=1S/C23H27N5O/c1-2-3-4-17-5-6-18(13-19(17)15-24)21-14-23(29)28-16-20(7-8-22(28)26-21)27-11-9-25-10-12-27/h5-8,13-16,24-25H,2-4,9-12H2,1H3. The number of fused-ring (bicyclic) bond motifs is 1. The van der Waals surface area contributed by atoms with Crippen molar-refractivity contribution in [2.24, 2.45) is 0 Å². The Balaban J connectivity index is 1.70. The Labute approximate surface area is 170 Å². The summed E-state index contributed by atoms with van der Waals surface area (Å²) < 4.78 is 1.62. The second-order valence-electron chi connectivity index (χ2n) is 7.49. The molecule has 3 aromatic rings. The number of hydrogen-bond acceptors (Lipinski definition) is 5. The maximum Gasteiger partial charge on any atom is 0.258 e. The Hall–Kier alpha value is -2.99. The fourth-order valence-corrected chi connectivity index (χ4v) is 3.83. The highest BCUT2D eigenvalue weighted by Crippen LogP contribution is 2.22. The van der Waals surface area contributed by atoms with Gasteiger partial charge in [0.2, 0.25) is 0 Å². The van der Waals surface area contributed by atoms with Crippen LogP contribution in [0.5, 0.6) is 0 Å². The highest BCUT2D eigenvalue weighted by molar-refractivity contribution is 5.82. The van der Waals surface area contributed by atoms with Crippen LogP contribution in [0, 0.1) is 5.41 Å². The third-order valence-electron chi connectivity index (χ3n) is 5.52. The van der Waals surface area contributed by atoms with E-state index in [0.29, 0.717) is 11.3 Å². The van der Waals surface area contributed by atoms with E-state index in [-0.39, 0.29) is 5.56 Å². The number of benzene rings is 1. The van der Waals surface area contributed by atoms with Crippen LogP contribution in [-0.2, 0) is 6.42 Å². The average Bonchev–Trinajstić information content (AvgIpc) is 2.78. The minimum Gasteiger partial charge on any atom is -0.368 e. The van der Waals surface area contributed by atoms with Crippen molar-refractivity contribution < 1.29 is 0 Å². The summed E-state index contributed by atoms with van der Waals surface area (Å²) in [7, 11) is 0. The van der Waals surface area contributed by atoms with Crippen LogP contribution in [0.15, 0.2) is 47.4 Å². The van der Waals surface area contributed by atoms with Gasteiger partial charge in [-0.05, 0) is 42.2 Å². The lowest BCUT2D eigenvalue weighted by molar-refractivity contribution is 0.588. The Kier molecular flexibility index (Phi) is 5.71. The maximum atomic E-state index is 12.8. The molecule has 0 saturated carbocycles. The van der Waals surface area contributed by atoms with Crippen molar-refractivity contribution in [2.45, 2.75) is 26.2 Å². The molecule has 6 heteroatoms. The number of aryl methyl sites for hydroxylation is 1. The first-order valence-electron chi connectivity index (χ1n) is 10.3. The third-order valence-corrected chi connectivity index (χ3v) is 5.52. The van der Waals surface area contributed by atoms with Gasteiger partial charge in [-0.3, -0.25) is 9.20 Å². The molecule has 3 heterocycles. The highest BCUT2D eigenvalue weighted by atomic mass is 16.1. The molecule has 1 aliphatic heterocycles. The molecule has 1 aromatic carbocycles. The zero-order valence-corrected chi connectivity index (χ0v) is 16.8. The van der Waals surface area contributed by atoms with Gasteiger partial charge in [0.25, 0.3) is 5.56 Å². The summed E-state index contributed by atoms with van der Waals surface area (Å²) in [5, 5.41) is 11.1. The summed E-state index contributed by atoms with van der Waals surface area (Å²) in [6, 6.07) is 11.6. The zero-order chi connectivity index (χ0) is 20.2. The van der Waals surface area contributed by atoms with E-state index in [2.05, 4.69) is 23.2 Å². The summed E-state index contributed by atoms with van der Waals surface area (Å²) in [6.07, 6.45) is 6.46. The van der Waals surface area contributed by atoms with Crippen LogP contribution in [0.25, 0.3) is 16.9 Å². The SMILES string of the molecule is CCCCc1ccc(-c2cc(=O)n3cc(N4CCNCC4)ccc3n2)cc1C=N. The molecule has 0 aliphatic carbocycles. The largest absolute Gasteiger partial charge is 0.368 e. The van der Waals surface area contributed by atoms with Crippen molar-refractivity contribution >= 4 is 17.5 Å². The molecular weight excluding hydrogens is 362 g/mol. The number of nitrogens with zero attached hydrogens (tertiary/aromatic N) is 3. The quantitative estimate of drug-likeness (QED) is 0.636. The lowest BCUT2D eigenvalue weighted by atomic mass is 9.99. The fourth-order valence-electron chi connectivity index (χ4n) is 3.83. The number of nitrogens with one attached hydrogen (secondary N) is 2. The van der Waals surface area contributed by atoms with Crippen LogP contribution in [0.3, 0.4) is 0 Å². The predicted octanol–water partition coefficient (Wildman–Crippen LogP) is 3.11. The Bertz CT molecular complexity index is 1080. The minimum atomic E-state index is -0.0894. The second-order valence-corrected chi connectivity index (χ2v) is 7.49. The van der Waals surface area contributed by atoms with E-state index in [1.165, 1.54) is 11.8 Å². The Morgan fingerprint density at radius 3 is 2.76 bits per heavy atom. The molecule has 2 N–H and O–H groups in total. The molecule has 4 rings (SSSR count). The number of rotatable bonds is 6. The number of pyridine rings is 1. The van der Waals surface area contributed by atoms with Gasteiger partial charge in [0.05, 0.1) is 11.4 Å². The average molecular weight is 390 g/mol. The summed E-state index contributed by atoms with van der Waals surface area (Å²) in [6.45, 7) is 5.94. The van der Waals surface area contributed by atoms with Gasteiger partial charge >= 0.3 is 0 Å². The fraction of sp³-hybridized carbons (Fsp3) is 0.348. The molecule has 1 fully saturated rings. The third kappa shape index (κ3) is 4.07. The number of unbranched alkanes of at least 4 members (excludes halogenated alkanes) is 1. The smallest absolute Gasteiger partial charge is 0.258 e. The molecule has 29 heavy (non-hydrogen) atoms. The van der Waals surface area contributed by atoms with Gasteiger partial charge in [0.15, 0.2) is 0 Å². The van der Waals surface area contributed by atoms with Gasteiger partial charge in [-0.15, -0.1) is 0 Å². The van der Waals surface area contributed by atoms with Gasteiger partial charge in [0.1, 0.15) is 5.65 Å². The van der Waals surface area contributed by atoms with Crippen molar-refractivity contribution in [3.63, 3.8) is 0 Å². The second kappa shape index (κ2) is 8.57. The van der Waals surface area contributed by atoms with Crippen LogP contribution in [0.1, 0.15) is 30.9 Å². The first kappa shape index (κ1) is 19.3. The predicted molar refractivity (Wildman–Crippen MR) is 118 cm³/mol. The number of hydrogen-bond donors (Lipinski definition) is 2. The highest BCUT2D eigenvalue weighted by Gasteiger charge is 2.13. The van der Waals surface area contributed by atoms with Crippen LogP contribution >= 0.6 is 0 Å². The number of anilines is 1. The van der Waals surface area contributed by atoms with Gasteiger partial charge in [0, 0.05) is 50.2 Å². The van der Waals surface area contributed by atoms with E-state index >= 15 is 0 Å². The van der Waals surface area contributed by atoms with Crippen LogP contribution in [0.2, 0.25) is 0 Å². The molecule has 2 aromatic heterocycles. The molecule has 0 radical (unpaired) electrons.